The predicted molar refractivity (Wildman–Crippen MR) is 125 cm³/mol. The molecule has 2 atom stereocenters. The van der Waals surface area contributed by atoms with Crippen LogP contribution in [0.25, 0.3) is 0 Å². The number of ether oxygens (including phenoxy) is 2. The van der Waals surface area contributed by atoms with E-state index in [1.54, 1.807) is 18.0 Å². The molecule has 1 amide bonds. The number of carbonyl (C=O) groups excluding carboxylic acids is 2. The summed E-state index contributed by atoms with van der Waals surface area (Å²) in [6, 6.07) is 15.4. The topological polar surface area (TPSA) is 98.6 Å². The van der Waals surface area contributed by atoms with Crippen molar-refractivity contribution in [2.75, 3.05) is 20.8 Å². The number of carbonyl (C=O) groups is 2. The summed E-state index contributed by atoms with van der Waals surface area (Å²) in [7, 11) is 2.93. The Balaban J connectivity index is 1.50. The number of nitrogens with one attached hydrogen (secondary N) is 1. The molecule has 1 aromatic heterocycles. The fourth-order valence-corrected chi connectivity index (χ4v) is 4.23. The van der Waals surface area contributed by atoms with Gasteiger partial charge in [0.1, 0.15) is 5.75 Å². The first kappa shape index (κ1) is 23.4. The van der Waals surface area contributed by atoms with Crippen molar-refractivity contribution in [2.24, 2.45) is 0 Å². The molecule has 0 unspecified atom stereocenters. The second kappa shape index (κ2) is 10.5. The number of hydrogen-bond donors (Lipinski definition) is 1. The molecule has 2 heterocycles. The summed E-state index contributed by atoms with van der Waals surface area (Å²) in [5, 5.41) is 11.1. The van der Waals surface area contributed by atoms with Crippen LogP contribution in [0, 0.1) is 6.92 Å². The highest BCUT2D eigenvalue weighted by atomic mass is 16.5. The van der Waals surface area contributed by atoms with Gasteiger partial charge in [-0.2, -0.15) is 0 Å². The Morgan fingerprint density at radius 3 is 2.59 bits per heavy atom. The van der Waals surface area contributed by atoms with Crippen LogP contribution in [0.2, 0.25) is 0 Å². The minimum atomic E-state index is -0.533. The second-order valence-corrected chi connectivity index (χ2v) is 8.40. The Kier molecular flexibility index (Phi) is 7.22. The summed E-state index contributed by atoms with van der Waals surface area (Å²) in [6.45, 7) is 3.75. The van der Waals surface area contributed by atoms with Crippen molar-refractivity contribution in [2.45, 2.75) is 38.5 Å². The third-order valence-electron chi connectivity index (χ3n) is 6.22. The molecule has 34 heavy (non-hydrogen) atoms. The van der Waals surface area contributed by atoms with E-state index in [1.165, 1.54) is 18.2 Å². The number of rotatable bonds is 8. The van der Waals surface area contributed by atoms with Crippen LogP contribution >= 0.6 is 0 Å². The maximum atomic E-state index is 13.3. The summed E-state index contributed by atoms with van der Waals surface area (Å²) in [5.41, 5.74) is 3.50. The van der Waals surface area contributed by atoms with Crippen LogP contribution in [0.1, 0.15) is 39.6 Å². The smallest absolute Gasteiger partial charge is 0.360 e. The first-order chi connectivity index (χ1) is 16.5. The molecule has 1 saturated heterocycles. The van der Waals surface area contributed by atoms with Gasteiger partial charge in [-0.3, -0.25) is 9.69 Å². The number of nitrogens with zero attached hydrogens (tertiary/aromatic N) is 4. The fourth-order valence-electron chi connectivity index (χ4n) is 4.23. The number of benzene rings is 2. The average Bonchev–Trinajstić information content (AvgIpc) is 3.51. The Morgan fingerprint density at radius 1 is 1.12 bits per heavy atom. The molecule has 1 fully saturated rings. The lowest BCUT2D eigenvalue weighted by Crippen LogP contribution is -2.42. The van der Waals surface area contributed by atoms with E-state index in [0.29, 0.717) is 26.1 Å². The Labute approximate surface area is 198 Å². The minimum Gasteiger partial charge on any atom is -0.497 e. The molecular weight excluding hydrogens is 434 g/mol. The molecule has 1 aliphatic heterocycles. The van der Waals surface area contributed by atoms with Crippen molar-refractivity contribution in [1.82, 2.24) is 25.2 Å². The molecule has 9 nitrogen and oxygen atoms in total. The van der Waals surface area contributed by atoms with Crippen molar-refractivity contribution in [3.63, 3.8) is 0 Å². The van der Waals surface area contributed by atoms with Crippen LogP contribution in [-0.4, -0.2) is 58.6 Å². The Hall–Kier alpha value is -3.72. The number of methoxy groups -OCH3 is 2. The normalized spacial score (nSPS) is 18.0. The maximum absolute atomic E-state index is 13.3. The van der Waals surface area contributed by atoms with Gasteiger partial charge in [-0.1, -0.05) is 41.6 Å². The van der Waals surface area contributed by atoms with Crippen LogP contribution in [0.3, 0.4) is 0 Å². The van der Waals surface area contributed by atoms with Gasteiger partial charge in [0.25, 0.3) is 0 Å². The molecule has 0 bridgehead atoms. The number of esters is 1. The lowest BCUT2D eigenvalue weighted by atomic mass is 10.1. The van der Waals surface area contributed by atoms with Gasteiger partial charge in [-0.25, -0.2) is 9.48 Å². The average molecular weight is 464 g/mol. The molecule has 0 radical (unpaired) electrons. The molecule has 0 spiro atoms. The first-order valence-electron chi connectivity index (χ1n) is 11.2. The highest BCUT2D eigenvalue weighted by molar-refractivity contribution is 5.86. The zero-order valence-corrected chi connectivity index (χ0v) is 19.6. The molecule has 3 aromatic rings. The number of amides is 1. The molecule has 2 aromatic carbocycles. The summed E-state index contributed by atoms with van der Waals surface area (Å²) in [6.07, 6.45) is 2.14. The zero-order chi connectivity index (χ0) is 24.1. The zero-order valence-electron chi connectivity index (χ0n) is 19.6. The van der Waals surface area contributed by atoms with Crippen molar-refractivity contribution in [3.8, 4) is 5.75 Å². The molecule has 178 valence electrons. The van der Waals surface area contributed by atoms with Crippen LogP contribution in [-0.2, 0) is 22.6 Å². The van der Waals surface area contributed by atoms with Crippen LogP contribution in [0.4, 0.5) is 0 Å². The van der Waals surface area contributed by atoms with Gasteiger partial charge in [0.05, 0.1) is 32.5 Å². The molecule has 1 aliphatic rings. The van der Waals surface area contributed by atoms with Crippen LogP contribution in [0.5, 0.6) is 5.75 Å². The molecule has 0 aliphatic carbocycles. The SMILES string of the molecule is COC(=O)c1cn([C@H]2C[C@@H](C(=O)NCc3ccc(OC)cc3)N(Cc3ccccc3C)C2)nn1. The summed E-state index contributed by atoms with van der Waals surface area (Å²) < 4.78 is 11.6. The van der Waals surface area contributed by atoms with Gasteiger partial charge in [0.15, 0.2) is 5.69 Å². The third-order valence-corrected chi connectivity index (χ3v) is 6.22. The Bertz CT molecular complexity index is 1140. The third kappa shape index (κ3) is 5.26. The largest absolute Gasteiger partial charge is 0.497 e. The number of aryl methyl sites for hydroxylation is 1. The summed E-state index contributed by atoms with van der Waals surface area (Å²) in [5.74, 6) is 0.201. The monoisotopic (exact) mass is 463 g/mol. The molecule has 1 N–H and O–H groups in total. The van der Waals surface area contributed by atoms with Gasteiger partial charge in [0, 0.05) is 19.6 Å². The van der Waals surface area contributed by atoms with E-state index in [1.807, 2.05) is 36.4 Å². The van der Waals surface area contributed by atoms with E-state index >= 15 is 0 Å². The standard InChI is InChI=1S/C25H29N5O4/c1-17-6-4-5-7-19(17)14-29-15-20(30-16-22(27-28-30)25(32)34-3)12-23(29)24(31)26-13-18-8-10-21(33-2)11-9-18/h4-11,16,20,23H,12-15H2,1-3H3,(H,26,31)/t20-,23-/m0/s1. The molecule has 4 rings (SSSR count). The van der Waals surface area contributed by atoms with E-state index in [9.17, 15) is 9.59 Å². The van der Waals surface area contributed by atoms with E-state index in [0.717, 1.165) is 11.3 Å². The highest BCUT2D eigenvalue weighted by Gasteiger charge is 2.38. The first-order valence-corrected chi connectivity index (χ1v) is 11.2. The van der Waals surface area contributed by atoms with E-state index in [4.69, 9.17) is 9.47 Å². The lowest BCUT2D eigenvalue weighted by Gasteiger charge is -2.24. The van der Waals surface area contributed by atoms with Gasteiger partial charge in [-0.15, -0.1) is 5.10 Å². The van der Waals surface area contributed by atoms with Crippen LogP contribution in [0.15, 0.2) is 54.7 Å². The molecular formula is C25H29N5O4. The number of hydrogen-bond acceptors (Lipinski definition) is 7. The Morgan fingerprint density at radius 2 is 1.88 bits per heavy atom. The summed E-state index contributed by atoms with van der Waals surface area (Å²) in [4.78, 5) is 27.2. The lowest BCUT2D eigenvalue weighted by molar-refractivity contribution is -0.125. The quantitative estimate of drug-likeness (QED) is 0.513. The van der Waals surface area contributed by atoms with Gasteiger partial charge in [-0.05, 0) is 42.2 Å². The predicted octanol–water partition coefficient (Wildman–Crippen LogP) is 2.51. The number of likely N-dealkylation sites (tertiary alicyclic amines) is 1. The molecule has 0 saturated carbocycles. The van der Waals surface area contributed by atoms with E-state index < -0.39 is 5.97 Å². The van der Waals surface area contributed by atoms with Crippen molar-refractivity contribution in [3.05, 3.63) is 77.1 Å². The highest BCUT2D eigenvalue weighted by Crippen LogP contribution is 2.29. The maximum Gasteiger partial charge on any atom is 0.360 e. The summed E-state index contributed by atoms with van der Waals surface area (Å²) >= 11 is 0. The van der Waals surface area contributed by atoms with Crippen molar-refractivity contribution >= 4 is 11.9 Å². The van der Waals surface area contributed by atoms with E-state index in [2.05, 4.69) is 39.6 Å². The minimum absolute atomic E-state index is 0.0415. The second-order valence-electron chi connectivity index (χ2n) is 8.40. The number of aromatic nitrogens is 3. The van der Waals surface area contributed by atoms with Gasteiger partial charge < -0.3 is 14.8 Å². The van der Waals surface area contributed by atoms with Crippen molar-refractivity contribution in [1.29, 1.82) is 0 Å². The van der Waals surface area contributed by atoms with Crippen molar-refractivity contribution < 1.29 is 19.1 Å². The molecule has 9 heteroatoms. The fraction of sp³-hybridized carbons (Fsp3) is 0.360. The van der Waals surface area contributed by atoms with Crippen LogP contribution < -0.4 is 10.1 Å². The van der Waals surface area contributed by atoms with Gasteiger partial charge >= 0.3 is 5.97 Å². The van der Waals surface area contributed by atoms with E-state index in [-0.39, 0.29) is 23.7 Å². The van der Waals surface area contributed by atoms with Gasteiger partial charge in [0.2, 0.25) is 5.91 Å².